The Balaban J connectivity index is 1.45. The highest BCUT2D eigenvalue weighted by molar-refractivity contribution is 5.81. The van der Waals surface area contributed by atoms with Gasteiger partial charge < -0.3 is 9.47 Å². The van der Waals surface area contributed by atoms with Gasteiger partial charge in [-0.1, -0.05) is 54.1 Å². The van der Waals surface area contributed by atoms with Crippen molar-refractivity contribution in [3.05, 3.63) is 101 Å². The third-order valence-corrected chi connectivity index (χ3v) is 5.97. The quantitative estimate of drug-likeness (QED) is 0.459. The lowest BCUT2D eigenvalue weighted by Gasteiger charge is -2.17. The molecule has 3 aromatic carbocycles. The summed E-state index contributed by atoms with van der Waals surface area (Å²) in [5.74, 6) is 0.838. The van der Waals surface area contributed by atoms with E-state index in [1.165, 1.54) is 23.3 Å². The first-order valence-corrected chi connectivity index (χ1v) is 10.6. The predicted molar refractivity (Wildman–Crippen MR) is 119 cm³/mol. The maximum Gasteiger partial charge on any atom is 0.223 e. The van der Waals surface area contributed by atoms with Crippen LogP contribution in [0.1, 0.15) is 34.9 Å². The summed E-state index contributed by atoms with van der Waals surface area (Å²) in [6.45, 7) is 3.93. The molecule has 1 atom stereocenters. The molecule has 4 aromatic rings. The van der Waals surface area contributed by atoms with Crippen LogP contribution in [-0.2, 0) is 17.9 Å². The van der Waals surface area contributed by atoms with Crippen molar-refractivity contribution in [2.24, 2.45) is 0 Å². The highest BCUT2D eigenvalue weighted by Crippen LogP contribution is 2.32. The summed E-state index contributed by atoms with van der Waals surface area (Å²) in [6.07, 6.45) is 0.443. The molecule has 0 unspecified atom stereocenters. The lowest BCUT2D eigenvalue weighted by Crippen LogP contribution is -2.24. The summed E-state index contributed by atoms with van der Waals surface area (Å²) in [7, 11) is 0. The van der Waals surface area contributed by atoms with Crippen molar-refractivity contribution in [2.45, 2.75) is 32.4 Å². The number of rotatable bonds is 5. The fourth-order valence-corrected chi connectivity index (χ4v) is 4.47. The second-order valence-corrected chi connectivity index (χ2v) is 8.34. The molecule has 1 aliphatic rings. The molecule has 1 fully saturated rings. The largest absolute Gasteiger partial charge is 0.338 e. The Labute approximate surface area is 181 Å². The van der Waals surface area contributed by atoms with Gasteiger partial charge in [0.05, 0.1) is 11.0 Å². The number of carbonyl (C=O) groups excluding carboxylic acids is 1. The SMILES string of the molecule is Cc1cccc(Cn2c([C@@H]3CC(=O)N(Cc4ccc(F)cc4)C3)nc3ccccc32)c1. The molecule has 1 aliphatic heterocycles. The summed E-state index contributed by atoms with van der Waals surface area (Å²) in [5, 5.41) is 0. The van der Waals surface area contributed by atoms with Gasteiger partial charge >= 0.3 is 0 Å². The Morgan fingerprint density at radius 1 is 0.968 bits per heavy atom. The molecule has 0 bridgehead atoms. The van der Waals surface area contributed by atoms with E-state index < -0.39 is 0 Å². The zero-order chi connectivity index (χ0) is 21.4. The van der Waals surface area contributed by atoms with Crippen LogP contribution in [0.25, 0.3) is 11.0 Å². The summed E-state index contributed by atoms with van der Waals surface area (Å²) in [5.41, 5.74) is 5.42. The van der Waals surface area contributed by atoms with Gasteiger partial charge in [0.25, 0.3) is 0 Å². The Kier molecular flexibility index (Phi) is 5.02. The minimum absolute atomic E-state index is 0.0326. The van der Waals surface area contributed by atoms with E-state index in [2.05, 4.69) is 41.8 Å². The first-order valence-electron chi connectivity index (χ1n) is 10.6. The first kappa shape index (κ1) is 19.5. The maximum atomic E-state index is 13.2. The van der Waals surface area contributed by atoms with E-state index in [1.807, 2.05) is 23.1 Å². The Hall–Kier alpha value is -3.47. The molecule has 2 heterocycles. The molecule has 1 amide bonds. The number of aryl methyl sites for hydroxylation is 1. The predicted octanol–water partition coefficient (Wildman–Crippen LogP) is 5.05. The number of likely N-dealkylation sites (tertiary alicyclic amines) is 1. The van der Waals surface area contributed by atoms with E-state index in [0.717, 1.165) is 29.0 Å². The zero-order valence-corrected chi connectivity index (χ0v) is 17.5. The van der Waals surface area contributed by atoms with Crippen LogP contribution >= 0.6 is 0 Å². The van der Waals surface area contributed by atoms with Crippen molar-refractivity contribution < 1.29 is 9.18 Å². The average Bonchev–Trinajstić information content (AvgIpc) is 3.30. The van der Waals surface area contributed by atoms with Crippen LogP contribution in [0.5, 0.6) is 0 Å². The molecule has 5 heteroatoms. The molecule has 0 radical (unpaired) electrons. The Bertz CT molecular complexity index is 1250. The van der Waals surface area contributed by atoms with Crippen molar-refractivity contribution in [1.29, 1.82) is 0 Å². The van der Waals surface area contributed by atoms with Gasteiger partial charge in [0.2, 0.25) is 5.91 Å². The van der Waals surface area contributed by atoms with Crippen LogP contribution in [0.15, 0.2) is 72.8 Å². The molecule has 31 heavy (non-hydrogen) atoms. The van der Waals surface area contributed by atoms with Gasteiger partial charge in [-0.05, 0) is 42.3 Å². The van der Waals surface area contributed by atoms with E-state index in [4.69, 9.17) is 4.98 Å². The third kappa shape index (κ3) is 3.96. The van der Waals surface area contributed by atoms with Crippen LogP contribution in [0.3, 0.4) is 0 Å². The van der Waals surface area contributed by atoms with Gasteiger partial charge in [-0.15, -0.1) is 0 Å². The number of aromatic nitrogens is 2. The van der Waals surface area contributed by atoms with Crippen LogP contribution in [-0.4, -0.2) is 26.9 Å². The van der Waals surface area contributed by atoms with Crippen LogP contribution in [0.4, 0.5) is 4.39 Å². The molecule has 0 N–H and O–H groups in total. The highest BCUT2D eigenvalue weighted by atomic mass is 19.1. The molecule has 0 spiro atoms. The molecule has 5 rings (SSSR count). The molecule has 0 aliphatic carbocycles. The average molecular weight is 413 g/mol. The minimum atomic E-state index is -0.265. The number of hydrogen-bond acceptors (Lipinski definition) is 2. The second-order valence-electron chi connectivity index (χ2n) is 8.34. The number of halogens is 1. The Morgan fingerprint density at radius 3 is 2.58 bits per heavy atom. The fraction of sp³-hybridized carbons (Fsp3) is 0.231. The number of fused-ring (bicyclic) bond motifs is 1. The van der Waals surface area contributed by atoms with E-state index in [9.17, 15) is 9.18 Å². The number of hydrogen-bond donors (Lipinski definition) is 0. The monoisotopic (exact) mass is 413 g/mol. The second kappa shape index (κ2) is 7.99. The lowest BCUT2D eigenvalue weighted by molar-refractivity contribution is -0.128. The number of carbonyl (C=O) groups is 1. The normalized spacial score (nSPS) is 16.4. The molecule has 0 saturated carbocycles. The van der Waals surface area contributed by atoms with Crippen LogP contribution < -0.4 is 0 Å². The number of benzene rings is 3. The van der Waals surface area contributed by atoms with Gasteiger partial charge in [-0.3, -0.25) is 4.79 Å². The summed E-state index contributed by atoms with van der Waals surface area (Å²) in [4.78, 5) is 19.6. The molecule has 156 valence electrons. The smallest absolute Gasteiger partial charge is 0.223 e. The van der Waals surface area contributed by atoms with Crippen molar-refractivity contribution in [1.82, 2.24) is 14.5 Å². The van der Waals surface area contributed by atoms with E-state index in [-0.39, 0.29) is 17.6 Å². The van der Waals surface area contributed by atoms with Gasteiger partial charge in [0.15, 0.2) is 0 Å². The van der Waals surface area contributed by atoms with Gasteiger partial charge in [0, 0.05) is 32.0 Å². The van der Waals surface area contributed by atoms with Crippen LogP contribution in [0.2, 0.25) is 0 Å². The number of imidazole rings is 1. The molecule has 1 saturated heterocycles. The molecule has 1 aromatic heterocycles. The maximum absolute atomic E-state index is 13.2. The summed E-state index contributed by atoms with van der Waals surface area (Å²) >= 11 is 0. The zero-order valence-electron chi connectivity index (χ0n) is 17.5. The van der Waals surface area contributed by atoms with Crippen molar-refractivity contribution in [2.75, 3.05) is 6.54 Å². The van der Waals surface area contributed by atoms with Crippen LogP contribution in [0, 0.1) is 12.7 Å². The molecule has 4 nitrogen and oxygen atoms in total. The Morgan fingerprint density at radius 2 is 1.77 bits per heavy atom. The van der Waals surface area contributed by atoms with Crippen molar-refractivity contribution >= 4 is 16.9 Å². The van der Waals surface area contributed by atoms with Gasteiger partial charge in [-0.25, -0.2) is 9.37 Å². The first-order chi connectivity index (χ1) is 15.1. The standard InChI is InChI=1S/C26H24FN3O/c1-18-5-4-6-20(13-18)16-30-24-8-3-2-7-23(24)28-26(30)21-14-25(31)29(17-21)15-19-9-11-22(27)12-10-19/h2-13,21H,14-17H2,1H3/t21-/m1/s1. The molecular weight excluding hydrogens is 389 g/mol. The lowest BCUT2D eigenvalue weighted by atomic mass is 10.1. The fourth-order valence-electron chi connectivity index (χ4n) is 4.47. The van der Waals surface area contributed by atoms with Gasteiger partial charge in [0.1, 0.15) is 11.6 Å². The minimum Gasteiger partial charge on any atom is -0.338 e. The van der Waals surface area contributed by atoms with E-state index in [1.54, 1.807) is 12.1 Å². The third-order valence-electron chi connectivity index (χ3n) is 5.97. The summed E-state index contributed by atoms with van der Waals surface area (Å²) < 4.78 is 15.5. The van der Waals surface area contributed by atoms with E-state index >= 15 is 0 Å². The number of para-hydroxylation sites is 2. The topological polar surface area (TPSA) is 38.1 Å². The number of amides is 1. The molecular formula is C26H24FN3O. The highest BCUT2D eigenvalue weighted by Gasteiger charge is 2.34. The van der Waals surface area contributed by atoms with E-state index in [0.29, 0.717) is 19.5 Å². The van der Waals surface area contributed by atoms with Crippen molar-refractivity contribution in [3.63, 3.8) is 0 Å². The number of nitrogens with zero attached hydrogens (tertiary/aromatic N) is 3. The van der Waals surface area contributed by atoms with Crippen molar-refractivity contribution in [3.8, 4) is 0 Å². The van der Waals surface area contributed by atoms with Gasteiger partial charge in [-0.2, -0.15) is 0 Å². The summed E-state index contributed by atoms with van der Waals surface area (Å²) in [6, 6.07) is 23.0.